The van der Waals surface area contributed by atoms with Gasteiger partial charge in [-0.1, -0.05) is 36.4 Å². The van der Waals surface area contributed by atoms with Gasteiger partial charge < -0.3 is 9.80 Å². The van der Waals surface area contributed by atoms with E-state index in [1.54, 1.807) is 0 Å². The van der Waals surface area contributed by atoms with Gasteiger partial charge in [0.1, 0.15) is 0 Å². The fourth-order valence-corrected chi connectivity index (χ4v) is 4.47. The molecule has 3 aliphatic rings. The molecule has 0 radical (unpaired) electrons. The van der Waals surface area contributed by atoms with E-state index >= 15 is 0 Å². The van der Waals surface area contributed by atoms with Gasteiger partial charge in [-0.3, -0.25) is 9.59 Å². The third-order valence-electron chi connectivity index (χ3n) is 5.95. The zero-order valence-corrected chi connectivity index (χ0v) is 14.7. The van der Waals surface area contributed by atoms with Crippen LogP contribution in [0.4, 0.5) is 11.4 Å². The molecule has 0 saturated heterocycles. The lowest BCUT2D eigenvalue weighted by molar-refractivity contribution is -0.124. The summed E-state index contributed by atoms with van der Waals surface area (Å²) in [4.78, 5) is 29.8. The number of fused-ring (bicyclic) bond motifs is 2. The van der Waals surface area contributed by atoms with Gasteiger partial charge in [0, 0.05) is 24.5 Å². The summed E-state index contributed by atoms with van der Waals surface area (Å²) in [5.41, 5.74) is 4.53. The molecule has 2 amide bonds. The van der Waals surface area contributed by atoms with Crippen molar-refractivity contribution in [2.75, 3.05) is 22.9 Å². The first-order valence-electron chi connectivity index (χ1n) is 9.52. The molecule has 2 aliphatic heterocycles. The Labute approximate surface area is 153 Å². The van der Waals surface area contributed by atoms with E-state index < -0.39 is 0 Å². The van der Waals surface area contributed by atoms with Crippen LogP contribution in [0.2, 0.25) is 0 Å². The molecule has 2 unspecified atom stereocenters. The van der Waals surface area contributed by atoms with E-state index in [1.165, 1.54) is 11.1 Å². The van der Waals surface area contributed by atoms with Gasteiger partial charge in [-0.2, -0.15) is 0 Å². The number of nitrogens with zero attached hydrogens (tertiary/aromatic N) is 2. The lowest BCUT2D eigenvalue weighted by atomic mass is 10.0. The molecule has 1 fully saturated rings. The summed E-state index contributed by atoms with van der Waals surface area (Å²) in [5.74, 6) is -0.0502. The van der Waals surface area contributed by atoms with Crippen molar-refractivity contribution in [3.63, 3.8) is 0 Å². The van der Waals surface area contributed by atoms with Crippen LogP contribution in [-0.2, 0) is 22.4 Å². The number of rotatable bonds is 2. The second-order valence-corrected chi connectivity index (χ2v) is 7.54. The molecular formula is C22H22N2O2. The Hall–Kier alpha value is -2.62. The number of benzene rings is 2. The zero-order valence-electron chi connectivity index (χ0n) is 14.7. The van der Waals surface area contributed by atoms with Crippen molar-refractivity contribution in [2.24, 2.45) is 11.8 Å². The van der Waals surface area contributed by atoms with E-state index in [-0.39, 0.29) is 23.7 Å². The van der Waals surface area contributed by atoms with Crippen LogP contribution in [0.5, 0.6) is 0 Å². The smallest absolute Gasteiger partial charge is 0.230 e. The third kappa shape index (κ3) is 2.44. The highest BCUT2D eigenvalue weighted by atomic mass is 16.2. The van der Waals surface area contributed by atoms with Gasteiger partial charge in [0.25, 0.3) is 0 Å². The molecule has 0 spiro atoms. The van der Waals surface area contributed by atoms with Gasteiger partial charge in [-0.15, -0.1) is 0 Å². The molecule has 2 aromatic carbocycles. The SMILES string of the molecule is O=C(C1CC1C(=O)N1CCc2ccccc21)N1CCCc2ccccc21. The Balaban J connectivity index is 1.32. The molecule has 132 valence electrons. The lowest BCUT2D eigenvalue weighted by Gasteiger charge is -2.29. The first-order valence-corrected chi connectivity index (χ1v) is 9.52. The van der Waals surface area contributed by atoms with Gasteiger partial charge in [-0.25, -0.2) is 0 Å². The zero-order chi connectivity index (χ0) is 17.7. The molecule has 4 heteroatoms. The molecule has 5 rings (SSSR count). The molecule has 1 saturated carbocycles. The fraction of sp³-hybridized carbons (Fsp3) is 0.364. The summed E-state index contributed by atoms with van der Waals surface area (Å²) in [5, 5.41) is 0. The predicted octanol–water partition coefficient (Wildman–Crippen LogP) is 3.19. The Bertz CT molecular complexity index is 891. The number of para-hydroxylation sites is 2. The average Bonchev–Trinajstić information content (AvgIpc) is 3.38. The Morgan fingerprint density at radius 1 is 0.731 bits per heavy atom. The van der Waals surface area contributed by atoms with Crippen molar-refractivity contribution in [3.05, 3.63) is 59.7 Å². The number of carbonyl (C=O) groups excluding carboxylic acids is 2. The molecule has 0 N–H and O–H groups in total. The molecule has 0 aromatic heterocycles. The Morgan fingerprint density at radius 3 is 1.92 bits per heavy atom. The van der Waals surface area contributed by atoms with E-state index in [0.29, 0.717) is 6.42 Å². The van der Waals surface area contributed by atoms with E-state index in [2.05, 4.69) is 12.1 Å². The second kappa shape index (κ2) is 5.97. The molecule has 1 aliphatic carbocycles. The fourth-order valence-electron chi connectivity index (χ4n) is 4.47. The van der Waals surface area contributed by atoms with Crippen molar-refractivity contribution in [1.29, 1.82) is 0 Å². The summed E-state index contributed by atoms with van der Waals surface area (Å²) in [6.07, 6.45) is 3.62. The highest BCUT2D eigenvalue weighted by Crippen LogP contribution is 2.44. The van der Waals surface area contributed by atoms with Gasteiger partial charge in [-0.05, 0) is 48.9 Å². The van der Waals surface area contributed by atoms with Crippen LogP contribution in [0.15, 0.2) is 48.5 Å². The highest BCUT2D eigenvalue weighted by Gasteiger charge is 2.52. The minimum absolute atomic E-state index is 0.124. The van der Waals surface area contributed by atoms with Crippen LogP contribution in [0.3, 0.4) is 0 Å². The molecule has 2 atom stereocenters. The first kappa shape index (κ1) is 15.6. The maximum atomic E-state index is 13.1. The van der Waals surface area contributed by atoms with Gasteiger partial charge in [0.15, 0.2) is 0 Å². The van der Waals surface area contributed by atoms with Crippen molar-refractivity contribution in [2.45, 2.75) is 25.7 Å². The normalized spacial score (nSPS) is 23.4. The number of anilines is 2. The summed E-state index contributed by atoms with van der Waals surface area (Å²) in [7, 11) is 0. The molecule has 2 heterocycles. The number of aryl methyl sites for hydroxylation is 1. The minimum atomic E-state index is -0.151. The minimum Gasteiger partial charge on any atom is -0.312 e. The van der Waals surface area contributed by atoms with Crippen molar-refractivity contribution in [1.82, 2.24) is 0 Å². The quantitative estimate of drug-likeness (QED) is 0.838. The summed E-state index contributed by atoms with van der Waals surface area (Å²) >= 11 is 0. The lowest BCUT2D eigenvalue weighted by Crippen LogP contribution is -2.38. The van der Waals surface area contributed by atoms with Crippen LogP contribution in [0, 0.1) is 11.8 Å². The molecular weight excluding hydrogens is 324 g/mol. The van der Waals surface area contributed by atoms with E-state index in [4.69, 9.17) is 0 Å². The summed E-state index contributed by atoms with van der Waals surface area (Å²) < 4.78 is 0. The number of hydrogen-bond acceptors (Lipinski definition) is 2. The number of hydrogen-bond donors (Lipinski definition) is 0. The number of carbonyl (C=O) groups is 2. The summed E-state index contributed by atoms with van der Waals surface area (Å²) in [6, 6.07) is 16.2. The van der Waals surface area contributed by atoms with Gasteiger partial charge >= 0.3 is 0 Å². The maximum Gasteiger partial charge on any atom is 0.230 e. The number of amides is 2. The van der Waals surface area contributed by atoms with Crippen molar-refractivity contribution in [3.8, 4) is 0 Å². The van der Waals surface area contributed by atoms with E-state index in [0.717, 1.165) is 43.7 Å². The molecule has 4 nitrogen and oxygen atoms in total. The average molecular weight is 346 g/mol. The van der Waals surface area contributed by atoms with Crippen LogP contribution in [-0.4, -0.2) is 24.9 Å². The van der Waals surface area contributed by atoms with Gasteiger partial charge in [0.05, 0.1) is 11.8 Å². The van der Waals surface area contributed by atoms with E-state index in [9.17, 15) is 9.59 Å². The summed E-state index contributed by atoms with van der Waals surface area (Å²) in [6.45, 7) is 1.50. The van der Waals surface area contributed by atoms with Crippen LogP contribution in [0.25, 0.3) is 0 Å². The Morgan fingerprint density at radius 2 is 1.27 bits per heavy atom. The molecule has 0 bridgehead atoms. The van der Waals surface area contributed by atoms with Crippen LogP contribution < -0.4 is 9.80 Å². The maximum absolute atomic E-state index is 13.1. The standard InChI is InChI=1S/C22H22N2O2/c25-21(23-12-5-8-15-6-1-3-9-19(15)23)17-14-18(17)22(26)24-13-11-16-7-2-4-10-20(16)24/h1-4,6-7,9-10,17-18H,5,8,11-14H2. The van der Waals surface area contributed by atoms with E-state index in [1.807, 2.05) is 46.2 Å². The Kier molecular flexibility index (Phi) is 3.59. The topological polar surface area (TPSA) is 40.6 Å². The molecule has 26 heavy (non-hydrogen) atoms. The second-order valence-electron chi connectivity index (χ2n) is 7.54. The third-order valence-corrected chi connectivity index (χ3v) is 5.95. The van der Waals surface area contributed by atoms with Gasteiger partial charge in [0.2, 0.25) is 11.8 Å². The van der Waals surface area contributed by atoms with Crippen LogP contribution >= 0.6 is 0 Å². The monoisotopic (exact) mass is 346 g/mol. The first-order chi connectivity index (χ1) is 12.7. The molecule has 2 aromatic rings. The van der Waals surface area contributed by atoms with Crippen molar-refractivity contribution >= 4 is 23.2 Å². The highest BCUT2D eigenvalue weighted by molar-refractivity contribution is 6.06. The largest absolute Gasteiger partial charge is 0.312 e. The van der Waals surface area contributed by atoms with Crippen LogP contribution in [0.1, 0.15) is 24.0 Å². The predicted molar refractivity (Wildman–Crippen MR) is 101 cm³/mol. The van der Waals surface area contributed by atoms with Crippen molar-refractivity contribution < 1.29 is 9.59 Å².